The first-order valence-electron chi connectivity index (χ1n) is 9.80. The number of sulfonamides is 1. The van der Waals surface area contributed by atoms with Crippen molar-refractivity contribution in [2.75, 3.05) is 26.7 Å². The van der Waals surface area contributed by atoms with Gasteiger partial charge in [0, 0.05) is 37.6 Å². The van der Waals surface area contributed by atoms with Gasteiger partial charge < -0.3 is 15.2 Å². The van der Waals surface area contributed by atoms with E-state index < -0.39 is 10.0 Å². The molecule has 0 aromatic carbocycles. The molecule has 0 aliphatic heterocycles. The van der Waals surface area contributed by atoms with Crippen LogP contribution in [0.15, 0.2) is 31.9 Å². The van der Waals surface area contributed by atoms with Gasteiger partial charge in [-0.15, -0.1) is 35.3 Å². The molecule has 30 heavy (non-hydrogen) atoms. The molecule has 2 heterocycles. The zero-order chi connectivity index (χ0) is 21.4. The average Bonchev–Trinajstić information content (AvgIpc) is 3.35. The minimum Gasteiger partial charge on any atom is -0.359 e. The SMILES string of the molecule is CCN(CC)S(=O)(=O)c1ccc(CCNC(=NC)NCc2cc(C(C)C)no2)s1.I. The van der Waals surface area contributed by atoms with Gasteiger partial charge in [-0.3, -0.25) is 4.99 Å². The highest BCUT2D eigenvalue weighted by atomic mass is 127. The Morgan fingerprint density at radius 1 is 1.27 bits per heavy atom. The van der Waals surface area contributed by atoms with E-state index in [1.807, 2.05) is 26.0 Å². The van der Waals surface area contributed by atoms with E-state index in [0.29, 0.717) is 48.7 Å². The Bertz CT molecular complexity index is 905. The van der Waals surface area contributed by atoms with Crippen molar-refractivity contribution < 1.29 is 12.9 Å². The molecule has 0 spiro atoms. The molecule has 0 atom stereocenters. The molecule has 2 aromatic rings. The van der Waals surface area contributed by atoms with E-state index in [0.717, 1.165) is 16.3 Å². The number of nitrogens with one attached hydrogen (secondary N) is 2. The molecule has 0 bridgehead atoms. The molecule has 0 fully saturated rings. The summed E-state index contributed by atoms with van der Waals surface area (Å²) in [6, 6.07) is 5.51. The molecule has 0 radical (unpaired) electrons. The molecule has 2 N–H and O–H groups in total. The summed E-state index contributed by atoms with van der Waals surface area (Å²) in [7, 11) is -1.69. The summed E-state index contributed by atoms with van der Waals surface area (Å²) in [5.41, 5.74) is 0.929. The van der Waals surface area contributed by atoms with Crippen LogP contribution in [0.1, 0.15) is 49.9 Å². The van der Waals surface area contributed by atoms with Crippen molar-refractivity contribution in [2.24, 2.45) is 4.99 Å². The Kier molecular flexibility index (Phi) is 11.3. The van der Waals surface area contributed by atoms with Crippen LogP contribution in [0.2, 0.25) is 0 Å². The molecular weight excluding hydrogens is 537 g/mol. The van der Waals surface area contributed by atoms with Crippen LogP contribution in [0, 0.1) is 0 Å². The molecular formula is C19H32IN5O3S2. The second-order valence-corrected chi connectivity index (χ2v) is 10.1. The van der Waals surface area contributed by atoms with Crippen molar-refractivity contribution in [2.45, 2.75) is 50.8 Å². The average molecular weight is 570 g/mol. The molecule has 0 saturated heterocycles. The van der Waals surface area contributed by atoms with Gasteiger partial charge in [-0.05, 0) is 24.5 Å². The lowest BCUT2D eigenvalue weighted by molar-refractivity contribution is 0.372. The Labute approximate surface area is 200 Å². The molecule has 0 aliphatic carbocycles. The van der Waals surface area contributed by atoms with Crippen LogP contribution < -0.4 is 10.6 Å². The first kappa shape index (κ1) is 26.9. The molecule has 0 aliphatic rings. The zero-order valence-corrected chi connectivity index (χ0v) is 22.1. The first-order chi connectivity index (χ1) is 13.8. The highest BCUT2D eigenvalue weighted by Crippen LogP contribution is 2.25. The highest BCUT2D eigenvalue weighted by Gasteiger charge is 2.23. The van der Waals surface area contributed by atoms with E-state index in [1.54, 1.807) is 13.1 Å². The number of hydrogen-bond donors (Lipinski definition) is 2. The lowest BCUT2D eigenvalue weighted by Gasteiger charge is -2.16. The number of halogens is 1. The third-order valence-electron chi connectivity index (χ3n) is 4.42. The summed E-state index contributed by atoms with van der Waals surface area (Å²) < 4.78 is 32.3. The van der Waals surface area contributed by atoms with E-state index in [2.05, 4.69) is 34.6 Å². The number of nitrogens with zero attached hydrogens (tertiary/aromatic N) is 3. The molecule has 0 unspecified atom stereocenters. The van der Waals surface area contributed by atoms with Gasteiger partial charge >= 0.3 is 0 Å². The third-order valence-corrected chi connectivity index (χ3v) is 8.09. The second-order valence-electron chi connectivity index (χ2n) is 6.79. The Balaban J connectivity index is 0.00000450. The highest BCUT2D eigenvalue weighted by molar-refractivity contribution is 14.0. The molecule has 8 nitrogen and oxygen atoms in total. The van der Waals surface area contributed by atoms with Gasteiger partial charge in [-0.1, -0.05) is 32.9 Å². The predicted octanol–water partition coefficient (Wildman–Crippen LogP) is 3.42. The maximum absolute atomic E-state index is 12.6. The number of hydrogen-bond acceptors (Lipinski definition) is 6. The number of aliphatic imine (C=N–C) groups is 1. The van der Waals surface area contributed by atoms with Crippen LogP contribution in [0.25, 0.3) is 0 Å². The first-order valence-corrected chi connectivity index (χ1v) is 12.1. The minimum atomic E-state index is -3.39. The number of thiophene rings is 1. The largest absolute Gasteiger partial charge is 0.359 e. The van der Waals surface area contributed by atoms with Crippen LogP contribution in [0.4, 0.5) is 0 Å². The summed E-state index contributed by atoms with van der Waals surface area (Å²) in [5, 5.41) is 10.5. The van der Waals surface area contributed by atoms with E-state index in [-0.39, 0.29) is 24.0 Å². The van der Waals surface area contributed by atoms with E-state index >= 15 is 0 Å². The Hall–Kier alpha value is -1.18. The summed E-state index contributed by atoms with van der Waals surface area (Å²) in [6.45, 7) is 9.90. The van der Waals surface area contributed by atoms with Crippen molar-refractivity contribution in [3.63, 3.8) is 0 Å². The molecule has 11 heteroatoms. The number of aromatic nitrogens is 1. The van der Waals surface area contributed by atoms with Crippen molar-refractivity contribution in [1.29, 1.82) is 0 Å². The lowest BCUT2D eigenvalue weighted by atomic mass is 10.1. The van der Waals surface area contributed by atoms with Gasteiger partial charge in [0.1, 0.15) is 4.21 Å². The molecule has 0 saturated carbocycles. The van der Waals surface area contributed by atoms with Crippen molar-refractivity contribution >= 4 is 51.3 Å². The quantitative estimate of drug-likeness (QED) is 0.259. The fourth-order valence-corrected chi connectivity index (χ4v) is 5.67. The van der Waals surface area contributed by atoms with Crippen LogP contribution in [0.5, 0.6) is 0 Å². The van der Waals surface area contributed by atoms with Crippen molar-refractivity contribution in [3.05, 3.63) is 34.5 Å². The molecule has 2 aromatic heterocycles. The van der Waals surface area contributed by atoms with Crippen molar-refractivity contribution in [3.8, 4) is 0 Å². The van der Waals surface area contributed by atoms with E-state index in [4.69, 9.17) is 4.52 Å². The van der Waals surface area contributed by atoms with Gasteiger partial charge in [-0.2, -0.15) is 4.31 Å². The maximum atomic E-state index is 12.6. The normalized spacial score (nSPS) is 12.3. The van der Waals surface area contributed by atoms with Crippen LogP contribution in [-0.2, 0) is 23.0 Å². The summed E-state index contributed by atoms with van der Waals surface area (Å²) >= 11 is 1.32. The van der Waals surface area contributed by atoms with Crippen LogP contribution >= 0.6 is 35.3 Å². The zero-order valence-electron chi connectivity index (χ0n) is 18.1. The summed E-state index contributed by atoms with van der Waals surface area (Å²) in [6.07, 6.45) is 0.707. The van der Waals surface area contributed by atoms with Gasteiger partial charge in [0.2, 0.25) is 0 Å². The Morgan fingerprint density at radius 2 is 1.97 bits per heavy atom. The smallest absolute Gasteiger partial charge is 0.252 e. The molecule has 170 valence electrons. The monoisotopic (exact) mass is 569 g/mol. The van der Waals surface area contributed by atoms with Gasteiger partial charge in [0.25, 0.3) is 10.0 Å². The summed E-state index contributed by atoms with van der Waals surface area (Å²) in [5.74, 6) is 1.73. The topological polar surface area (TPSA) is 99.8 Å². The molecule has 0 amide bonds. The fourth-order valence-electron chi connectivity index (χ4n) is 2.70. The van der Waals surface area contributed by atoms with Crippen LogP contribution in [-0.4, -0.2) is 50.5 Å². The van der Waals surface area contributed by atoms with Gasteiger partial charge in [-0.25, -0.2) is 8.42 Å². The second kappa shape index (κ2) is 12.6. The minimum absolute atomic E-state index is 0. The predicted molar refractivity (Wildman–Crippen MR) is 132 cm³/mol. The number of rotatable bonds is 10. The summed E-state index contributed by atoms with van der Waals surface area (Å²) in [4.78, 5) is 5.21. The standard InChI is InChI=1S/C19H31N5O3S2.HI/c1-6-24(7-2)29(25,26)18-9-8-16(28-18)10-11-21-19(20-5)22-13-15-12-17(14(3)4)23-27-15;/h8-9,12,14H,6-7,10-11,13H2,1-5H3,(H2,20,21,22);1H. The maximum Gasteiger partial charge on any atom is 0.252 e. The number of guanidine groups is 1. The van der Waals surface area contributed by atoms with Gasteiger partial charge in [0.05, 0.1) is 12.2 Å². The molecule has 2 rings (SSSR count). The van der Waals surface area contributed by atoms with E-state index in [9.17, 15) is 8.42 Å². The third kappa shape index (κ3) is 7.20. The van der Waals surface area contributed by atoms with Gasteiger partial charge in [0.15, 0.2) is 11.7 Å². The van der Waals surface area contributed by atoms with E-state index in [1.165, 1.54) is 15.6 Å². The lowest BCUT2D eigenvalue weighted by Crippen LogP contribution is -2.37. The van der Waals surface area contributed by atoms with Crippen LogP contribution in [0.3, 0.4) is 0 Å². The van der Waals surface area contributed by atoms with Crippen molar-refractivity contribution in [1.82, 2.24) is 20.1 Å². The Morgan fingerprint density at radius 3 is 2.53 bits per heavy atom. The fraction of sp³-hybridized carbons (Fsp3) is 0.579.